The van der Waals surface area contributed by atoms with E-state index in [1.165, 1.54) is 6.92 Å². The lowest BCUT2D eigenvalue weighted by Gasteiger charge is -2.09. The molecule has 0 fully saturated rings. The molecule has 1 aromatic rings. The fourth-order valence-electron chi connectivity index (χ4n) is 0.704. The number of hydrogen-bond acceptors (Lipinski definition) is 3. The predicted octanol–water partition coefficient (Wildman–Crippen LogP) is 1.44. The molecule has 0 aliphatic rings. The van der Waals surface area contributed by atoms with E-state index in [2.05, 4.69) is 4.98 Å². The van der Waals surface area contributed by atoms with Crippen LogP contribution in [0.15, 0.2) is 24.5 Å². The van der Waals surface area contributed by atoms with Crippen molar-refractivity contribution in [3.05, 3.63) is 24.5 Å². The highest BCUT2D eigenvalue weighted by Gasteiger charge is 2.07. The third-order valence-corrected chi connectivity index (χ3v) is 1.52. The predicted molar refractivity (Wildman–Crippen MR) is 45.0 cm³/mol. The van der Waals surface area contributed by atoms with E-state index in [-0.39, 0.29) is 5.78 Å². The van der Waals surface area contributed by atoms with Gasteiger partial charge < -0.3 is 4.74 Å². The molecule has 0 aromatic carbocycles. The number of nitrogens with zero attached hydrogens (tertiary/aromatic N) is 1. The molecule has 1 aromatic heterocycles. The van der Waals surface area contributed by atoms with Crippen molar-refractivity contribution in [2.45, 2.75) is 20.0 Å². The molecular weight excluding hydrogens is 154 g/mol. The van der Waals surface area contributed by atoms with Crippen LogP contribution >= 0.6 is 0 Å². The van der Waals surface area contributed by atoms with Gasteiger partial charge in [0.05, 0.1) is 6.20 Å². The third kappa shape index (κ3) is 2.34. The average molecular weight is 165 g/mol. The van der Waals surface area contributed by atoms with Crippen LogP contribution in [0.3, 0.4) is 0 Å². The second kappa shape index (κ2) is 3.85. The lowest BCUT2D eigenvalue weighted by atomic mass is 10.3. The Morgan fingerprint density at radius 1 is 1.67 bits per heavy atom. The minimum Gasteiger partial charge on any atom is -0.481 e. The quantitative estimate of drug-likeness (QED) is 0.680. The Morgan fingerprint density at radius 3 is 2.92 bits per heavy atom. The van der Waals surface area contributed by atoms with Gasteiger partial charge in [-0.2, -0.15) is 0 Å². The van der Waals surface area contributed by atoms with Gasteiger partial charge in [0.1, 0.15) is 5.75 Å². The summed E-state index contributed by atoms with van der Waals surface area (Å²) in [5.41, 5.74) is 0. The molecule has 1 atom stereocenters. The Kier molecular flexibility index (Phi) is 2.80. The SMILES string of the molecule is CC(=O)C(C)Oc1cccnc1. The van der Waals surface area contributed by atoms with E-state index in [9.17, 15) is 4.79 Å². The minimum absolute atomic E-state index is 0.0128. The maximum atomic E-state index is 10.8. The summed E-state index contributed by atoms with van der Waals surface area (Å²) in [6.45, 7) is 3.22. The molecule has 0 spiro atoms. The first kappa shape index (κ1) is 8.71. The molecule has 0 bridgehead atoms. The van der Waals surface area contributed by atoms with Crippen LogP contribution in [0.25, 0.3) is 0 Å². The Hall–Kier alpha value is -1.38. The molecular formula is C9H11NO2. The topological polar surface area (TPSA) is 39.2 Å². The van der Waals surface area contributed by atoms with Crippen molar-refractivity contribution < 1.29 is 9.53 Å². The zero-order valence-electron chi connectivity index (χ0n) is 7.15. The van der Waals surface area contributed by atoms with Gasteiger partial charge in [-0.3, -0.25) is 9.78 Å². The molecule has 0 saturated heterocycles. The molecule has 0 aliphatic heterocycles. The van der Waals surface area contributed by atoms with Crippen LogP contribution in [-0.4, -0.2) is 16.9 Å². The molecule has 1 rings (SSSR count). The molecule has 12 heavy (non-hydrogen) atoms. The van der Waals surface area contributed by atoms with Crippen molar-refractivity contribution >= 4 is 5.78 Å². The van der Waals surface area contributed by atoms with E-state index in [0.29, 0.717) is 5.75 Å². The number of rotatable bonds is 3. The summed E-state index contributed by atoms with van der Waals surface area (Å²) >= 11 is 0. The van der Waals surface area contributed by atoms with Gasteiger partial charge in [0, 0.05) is 6.20 Å². The van der Waals surface area contributed by atoms with Crippen LogP contribution in [0.4, 0.5) is 0 Å². The Balaban J connectivity index is 2.58. The molecule has 0 radical (unpaired) electrons. The fraction of sp³-hybridized carbons (Fsp3) is 0.333. The first-order valence-electron chi connectivity index (χ1n) is 3.77. The van der Waals surface area contributed by atoms with E-state index in [1.54, 1.807) is 31.5 Å². The lowest BCUT2D eigenvalue weighted by molar-refractivity contribution is -0.122. The molecule has 0 saturated carbocycles. The van der Waals surface area contributed by atoms with E-state index in [1.807, 2.05) is 0 Å². The van der Waals surface area contributed by atoms with Gasteiger partial charge in [0.15, 0.2) is 11.9 Å². The summed E-state index contributed by atoms with van der Waals surface area (Å²) in [6.07, 6.45) is 2.85. The number of ether oxygens (including phenoxy) is 1. The van der Waals surface area contributed by atoms with Gasteiger partial charge in [0.25, 0.3) is 0 Å². The molecule has 0 amide bonds. The van der Waals surface area contributed by atoms with Gasteiger partial charge in [-0.05, 0) is 26.0 Å². The van der Waals surface area contributed by atoms with Gasteiger partial charge in [-0.25, -0.2) is 0 Å². The van der Waals surface area contributed by atoms with E-state index < -0.39 is 6.10 Å². The number of Topliss-reactive ketones (excluding diaryl/α,β-unsaturated/α-hetero) is 1. The molecule has 1 heterocycles. The van der Waals surface area contributed by atoms with Crippen LogP contribution in [0.5, 0.6) is 5.75 Å². The summed E-state index contributed by atoms with van der Waals surface area (Å²) in [7, 11) is 0. The summed E-state index contributed by atoms with van der Waals surface area (Å²) in [5.74, 6) is 0.638. The first-order chi connectivity index (χ1) is 5.70. The van der Waals surface area contributed by atoms with Gasteiger partial charge in [0.2, 0.25) is 0 Å². The number of carbonyl (C=O) groups excluding carboxylic acids is 1. The molecule has 3 nitrogen and oxygen atoms in total. The first-order valence-corrected chi connectivity index (χ1v) is 3.77. The van der Waals surface area contributed by atoms with Gasteiger partial charge in [-0.1, -0.05) is 0 Å². The largest absolute Gasteiger partial charge is 0.481 e. The Morgan fingerprint density at radius 2 is 2.42 bits per heavy atom. The maximum Gasteiger partial charge on any atom is 0.169 e. The number of ketones is 1. The van der Waals surface area contributed by atoms with Crippen molar-refractivity contribution in [1.29, 1.82) is 0 Å². The van der Waals surface area contributed by atoms with E-state index in [0.717, 1.165) is 0 Å². The molecule has 0 aliphatic carbocycles. The van der Waals surface area contributed by atoms with Gasteiger partial charge in [-0.15, -0.1) is 0 Å². The monoisotopic (exact) mass is 165 g/mol. The maximum absolute atomic E-state index is 10.8. The Labute approximate surface area is 71.4 Å². The van der Waals surface area contributed by atoms with Crippen molar-refractivity contribution in [1.82, 2.24) is 4.98 Å². The zero-order chi connectivity index (χ0) is 8.97. The number of carbonyl (C=O) groups is 1. The summed E-state index contributed by atoms with van der Waals surface area (Å²) in [4.78, 5) is 14.7. The summed E-state index contributed by atoms with van der Waals surface area (Å²) < 4.78 is 5.26. The highest BCUT2D eigenvalue weighted by atomic mass is 16.5. The molecule has 3 heteroatoms. The number of hydrogen-bond donors (Lipinski definition) is 0. The Bertz CT molecular complexity index is 258. The highest BCUT2D eigenvalue weighted by molar-refractivity contribution is 5.80. The van der Waals surface area contributed by atoms with Crippen LogP contribution in [-0.2, 0) is 4.79 Å². The van der Waals surface area contributed by atoms with Crippen LogP contribution in [0.1, 0.15) is 13.8 Å². The molecule has 0 N–H and O–H groups in total. The summed E-state index contributed by atoms with van der Waals surface area (Å²) in [6, 6.07) is 3.54. The average Bonchev–Trinajstić information content (AvgIpc) is 2.06. The van der Waals surface area contributed by atoms with Crippen molar-refractivity contribution in [3.63, 3.8) is 0 Å². The fourth-order valence-corrected chi connectivity index (χ4v) is 0.704. The highest BCUT2D eigenvalue weighted by Crippen LogP contribution is 2.08. The van der Waals surface area contributed by atoms with E-state index in [4.69, 9.17) is 4.74 Å². The normalized spacial score (nSPS) is 12.2. The number of aromatic nitrogens is 1. The summed E-state index contributed by atoms with van der Waals surface area (Å²) in [5, 5.41) is 0. The second-order valence-corrected chi connectivity index (χ2v) is 2.56. The number of pyridine rings is 1. The van der Waals surface area contributed by atoms with Gasteiger partial charge >= 0.3 is 0 Å². The van der Waals surface area contributed by atoms with Crippen molar-refractivity contribution in [2.24, 2.45) is 0 Å². The molecule has 64 valence electrons. The third-order valence-electron chi connectivity index (χ3n) is 1.52. The standard InChI is InChI=1S/C9H11NO2/c1-7(11)8(2)12-9-4-3-5-10-6-9/h3-6,8H,1-2H3. The van der Waals surface area contributed by atoms with Crippen molar-refractivity contribution in [2.75, 3.05) is 0 Å². The smallest absolute Gasteiger partial charge is 0.169 e. The van der Waals surface area contributed by atoms with E-state index >= 15 is 0 Å². The lowest BCUT2D eigenvalue weighted by Crippen LogP contribution is -2.20. The minimum atomic E-state index is -0.394. The van der Waals surface area contributed by atoms with Crippen LogP contribution in [0.2, 0.25) is 0 Å². The van der Waals surface area contributed by atoms with Crippen LogP contribution in [0, 0.1) is 0 Å². The van der Waals surface area contributed by atoms with Crippen LogP contribution < -0.4 is 4.74 Å². The second-order valence-electron chi connectivity index (χ2n) is 2.56. The van der Waals surface area contributed by atoms with Crippen molar-refractivity contribution in [3.8, 4) is 5.75 Å². The zero-order valence-corrected chi connectivity index (χ0v) is 7.15. The molecule has 1 unspecified atom stereocenters.